The van der Waals surface area contributed by atoms with Crippen molar-refractivity contribution in [1.82, 2.24) is 14.8 Å². The van der Waals surface area contributed by atoms with Crippen LogP contribution in [-0.2, 0) is 16.9 Å². The van der Waals surface area contributed by atoms with Crippen LogP contribution in [0.4, 0.5) is 4.39 Å². The SMILES string of the molecule is C[C@@H]1O[C@@]1(Cn1cncn1)c1ccc(F)cc1. The van der Waals surface area contributed by atoms with Crippen molar-refractivity contribution < 1.29 is 9.13 Å². The van der Waals surface area contributed by atoms with Crippen LogP contribution in [0.2, 0.25) is 0 Å². The van der Waals surface area contributed by atoms with Gasteiger partial charge in [-0.05, 0) is 24.6 Å². The largest absolute Gasteiger partial charge is 0.359 e. The highest BCUT2D eigenvalue weighted by atomic mass is 19.1. The van der Waals surface area contributed by atoms with Crippen molar-refractivity contribution in [2.45, 2.75) is 25.2 Å². The molecule has 0 saturated carbocycles. The van der Waals surface area contributed by atoms with Gasteiger partial charge in [0.15, 0.2) is 0 Å². The summed E-state index contributed by atoms with van der Waals surface area (Å²) in [4.78, 5) is 3.90. The molecule has 1 aliphatic rings. The summed E-state index contributed by atoms with van der Waals surface area (Å²) >= 11 is 0. The maximum absolute atomic E-state index is 12.9. The predicted octanol–water partition coefficient (Wildman–Crippen LogP) is 1.73. The topological polar surface area (TPSA) is 43.2 Å². The molecule has 2 heterocycles. The van der Waals surface area contributed by atoms with Crippen LogP contribution >= 0.6 is 0 Å². The molecular formula is C12H12FN3O. The molecule has 2 atom stereocenters. The second kappa shape index (κ2) is 3.63. The van der Waals surface area contributed by atoms with E-state index >= 15 is 0 Å². The Hall–Kier alpha value is -1.75. The van der Waals surface area contributed by atoms with Crippen LogP contribution in [0, 0.1) is 5.82 Å². The minimum absolute atomic E-state index is 0.108. The Morgan fingerprint density at radius 2 is 2.12 bits per heavy atom. The van der Waals surface area contributed by atoms with Crippen LogP contribution in [0.1, 0.15) is 12.5 Å². The second-order valence-electron chi connectivity index (χ2n) is 4.25. The van der Waals surface area contributed by atoms with Gasteiger partial charge >= 0.3 is 0 Å². The van der Waals surface area contributed by atoms with Gasteiger partial charge in [-0.2, -0.15) is 5.10 Å². The van der Waals surface area contributed by atoms with Crippen molar-refractivity contribution in [2.24, 2.45) is 0 Å². The molecule has 0 bridgehead atoms. The van der Waals surface area contributed by atoms with Gasteiger partial charge in [-0.3, -0.25) is 0 Å². The summed E-state index contributed by atoms with van der Waals surface area (Å²) in [5, 5.41) is 4.07. The molecule has 1 fully saturated rings. The number of benzene rings is 1. The number of rotatable bonds is 3. The van der Waals surface area contributed by atoms with Gasteiger partial charge in [-0.1, -0.05) is 12.1 Å². The summed E-state index contributed by atoms with van der Waals surface area (Å²) in [6.07, 6.45) is 3.25. The fourth-order valence-corrected chi connectivity index (χ4v) is 2.13. The van der Waals surface area contributed by atoms with Crippen LogP contribution in [0.15, 0.2) is 36.9 Å². The summed E-state index contributed by atoms with van der Waals surface area (Å²) in [6.45, 7) is 2.60. The first-order valence-corrected chi connectivity index (χ1v) is 5.47. The Balaban J connectivity index is 1.90. The molecule has 3 rings (SSSR count). The molecule has 0 N–H and O–H groups in total. The zero-order chi connectivity index (χ0) is 11.9. The Labute approximate surface area is 98.0 Å². The molecule has 0 aliphatic carbocycles. The van der Waals surface area contributed by atoms with Crippen LogP contribution in [0.5, 0.6) is 0 Å². The third kappa shape index (κ3) is 1.72. The molecule has 1 aliphatic heterocycles. The lowest BCUT2D eigenvalue weighted by Gasteiger charge is -2.12. The molecule has 0 unspecified atom stereocenters. The molecule has 2 aromatic rings. The number of epoxide rings is 1. The van der Waals surface area contributed by atoms with Gasteiger partial charge in [-0.15, -0.1) is 0 Å². The van der Waals surface area contributed by atoms with Crippen molar-refractivity contribution in [3.8, 4) is 0 Å². The monoisotopic (exact) mass is 233 g/mol. The number of hydrogen-bond donors (Lipinski definition) is 0. The standard InChI is InChI=1S/C12H12FN3O/c1-9-12(17-9,6-16-8-14-7-15-16)10-2-4-11(13)5-3-10/h2-5,7-9H,6H2,1H3/t9-,12+/m0/s1. The van der Waals surface area contributed by atoms with Crippen molar-refractivity contribution >= 4 is 0 Å². The van der Waals surface area contributed by atoms with Gasteiger partial charge in [0.05, 0.1) is 12.6 Å². The number of nitrogens with zero attached hydrogens (tertiary/aromatic N) is 3. The molecule has 0 amide bonds. The van der Waals surface area contributed by atoms with Gasteiger partial charge in [0.2, 0.25) is 0 Å². The minimum atomic E-state index is -0.387. The van der Waals surface area contributed by atoms with Gasteiger partial charge in [0.1, 0.15) is 24.1 Å². The molecule has 4 nitrogen and oxygen atoms in total. The fraction of sp³-hybridized carbons (Fsp3) is 0.333. The van der Waals surface area contributed by atoms with Crippen LogP contribution in [0.3, 0.4) is 0 Å². The highest BCUT2D eigenvalue weighted by Gasteiger charge is 2.55. The number of aromatic nitrogens is 3. The van der Waals surface area contributed by atoms with E-state index < -0.39 is 0 Å². The van der Waals surface area contributed by atoms with Crippen molar-refractivity contribution in [3.63, 3.8) is 0 Å². The predicted molar refractivity (Wildman–Crippen MR) is 58.6 cm³/mol. The molecule has 0 radical (unpaired) electrons. The van der Waals surface area contributed by atoms with Gasteiger partial charge in [0, 0.05) is 0 Å². The highest BCUT2D eigenvalue weighted by molar-refractivity contribution is 5.29. The first-order chi connectivity index (χ1) is 8.21. The highest BCUT2D eigenvalue weighted by Crippen LogP contribution is 2.47. The summed E-state index contributed by atoms with van der Waals surface area (Å²) in [5.41, 5.74) is 0.586. The lowest BCUT2D eigenvalue weighted by molar-refractivity contribution is 0.263. The number of hydrogen-bond acceptors (Lipinski definition) is 3. The Kier molecular flexibility index (Phi) is 2.22. The lowest BCUT2D eigenvalue weighted by atomic mass is 9.96. The average molecular weight is 233 g/mol. The zero-order valence-electron chi connectivity index (χ0n) is 9.38. The van der Waals surface area contributed by atoms with E-state index in [1.807, 2.05) is 6.92 Å². The molecule has 1 saturated heterocycles. The first kappa shape index (κ1) is 10.4. The maximum atomic E-state index is 12.9. The summed E-state index contributed by atoms with van der Waals surface area (Å²) in [6, 6.07) is 6.42. The Morgan fingerprint density at radius 3 is 2.65 bits per heavy atom. The van der Waals surface area contributed by atoms with E-state index in [4.69, 9.17) is 4.74 Å². The van der Waals surface area contributed by atoms with E-state index in [0.717, 1.165) is 5.56 Å². The van der Waals surface area contributed by atoms with Gasteiger partial charge < -0.3 is 4.74 Å². The van der Waals surface area contributed by atoms with Crippen molar-refractivity contribution in [1.29, 1.82) is 0 Å². The van der Waals surface area contributed by atoms with Gasteiger partial charge in [-0.25, -0.2) is 14.1 Å². The molecular weight excluding hydrogens is 221 g/mol. The van der Waals surface area contributed by atoms with E-state index in [0.29, 0.717) is 6.54 Å². The molecule has 1 aromatic heterocycles. The average Bonchev–Trinajstić information content (AvgIpc) is 2.76. The van der Waals surface area contributed by atoms with Crippen LogP contribution in [-0.4, -0.2) is 20.9 Å². The molecule has 0 spiro atoms. The van der Waals surface area contributed by atoms with Crippen molar-refractivity contribution in [3.05, 3.63) is 48.3 Å². The quantitative estimate of drug-likeness (QED) is 0.758. The second-order valence-corrected chi connectivity index (χ2v) is 4.25. The number of halogens is 1. The fourth-order valence-electron chi connectivity index (χ4n) is 2.13. The molecule has 17 heavy (non-hydrogen) atoms. The summed E-state index contributed by atoms with van der Waals surface area (Å²) in [7, 11) is 0. The third-order valence-electron chi connectivity index (χ3n) is 3.18. The summed E-state index contributed by atoms with van der Waals surface area (Å²) in [5.74, 6) is -0.238. The lowest BCUT2D eigenvalue weighted by Crippen LogP contribution is -2.20. The molecule has 88 valence electrons. The van der Waals surface area contributed by atoms with Gasteiger partial charge in [0.25, 0.3) is 0 Å². The zero-order valence-corrected chi connectivity index (χ0v) is 9.38. The smallest absolute Gasteiger partial charge is 0.139 e. The number of ether oxygens (including phenoxy) is 1. The minimum Gasteiger partial charge on any atom is -0.359 e. The molecule has 5 heteroatoms. The Bertz CT molecular complexity index is 511. The van der Waals surface area contributed by atoms with Crippen LogP contribution < -0.4 is 0 Å². The first-order valence-electron chi connectivity index (χ1n) is 5.47. The van der Waals surface area contributed by atoms with E-state index in [9.17, 15) is 4.39 Å². The third-order valence-corrected chi connectivity index (χ3v) is 3.18. The van der Waals surface area contributed by atoms with E-state index in [1.54, 1.807) is 23.1 Å². The van der Waals surface area contributed by atoms with Crippen molar-refractivity contribution in [2.75, 3.05) is 0 Å². The molecule has 1 aromatic carbocycles. The van der Waals surface area contributed by atoms with E-state index in [-0.39, 0.29) is 17.5 Å². The van der Waals surface area contributed by atoms with E-state index in [2.05, 4.69) is 10.1 Å². The maximum Gasteiger partial charge on any atom is 0.139 e. The Morgan fingerprint density at radius 1 is 1.41 bits per heavy atom. The van der Waals surface area contributed by atoms with Crippen LogP contribution in [0.25, 0.3) is 0 Å². The normalized spacial score (nSPS) is 27.1. The van der Waals surface area contributed by atoms with E-state index in [1.165, 1.54) is 18.5 Å². The summed E-state index contributed by atoms with van der Waals surface area (Å²) < 4.78 is 20.3.